The van der Waals surface area contributed by atoms with Crippen LogP contribution >= 0.6 is 0 Å². The molecule has 0 saturated carbocycles. The summed E-state index contributed by atoms with van der Waals surface area (Å²) in [6.45, 7) is 4.63. The third-order valence-electron chi connectivity index (χ3n) is 6.06. The van der Waals surface area contributed by atoms with Crippen LogP contribution in [0.15, 0.2) is 84.9 Å². The Kier molecular flexibility index (Phi) is 5.91. The molecule has 2 heterocycles. The molecule has 0 atom stereocenters. The average molecular weight is 447 g/mol. The Bertz CT molecular complexity index is 1440. The van der Waals surface area contributed by atoms with E-state index in [1.54, 1.807) is 0 Å². The summed E-state index contributed by atoms with van der Waals surface area (Å²) in [4.78, 5) is 18.3. The number of amides is 1. The first-order valence-electron chi connectivity index (χ1n) is 11.5. The molecule has 0 aliphatic carbocycles. The SMILES string of the molecule is CCc1ccc(-c2[nH]nc3nc(-c4ccc(C)cc4)cc(C(=O)NCc4ccccc4)c23)cc1. The number of hydrogen-bond acceptors (Lipinski definition) is 3. The van der Waals surface area contributed by atoms with Gasteiger partial charge in [-0.2, -0.15) is 5.10 Å². The van der Waals surface area contributed by atoms with E-state index in [4.69, 9.17) is 4.98 Å². The Morgan fingerprint density at radius 1 is 0.882 bits per heavy atom. The third kappa shape index (κ3) is 4.33. The highest BCUT2D eigenvalue weighted by atomic mass is 16.1. The Balaban J connectivity index is 1.61. The van der Waals surface area contributed by atoms with E-state index < -0.39 is 0 Å². The van der Waals surface area contributed by atoms with Gasteiger partial charge in [0.05, 0.1) is 22.3 Å². The highest BCUT2D eigenvalue weighted by Crippen LogP contribution is 2.32. The van der Waals surface area contributed by atoms with E-state index in [0.717, 1.165) is 39.9 Å². The van der Waals surface area contributed by atoms with Gasteiger partial charge in [-0.05, 0) is 30.5 Å². The second-order valence-corrected chi connectivity index (χ2v) is 8.44. The van der Waals surface area contributed by atoms with Crippen LogP contribution in [0.3, 0.4) is 0 Å². The monoisotopic (exact) mass is 446 g/mol. The van der Waals surface area contributed by atoms with Crippen LogP contribution < -0.4 is 5.32 Å². The molecule has 0 radical (unpaired) electrons. The number of rotatable bonds is 6. The molecule has 34 heavy (non-hydrogen) atoms. The number of nitrogens with zero attached hydrogens (tertiary/aromatic N) is 2. The van der Waals surface area contributed by atoms with Crippen molar-refractivity contribution < 1.29 is 4.79 Å². The lowest BCUT2D eigenvalue weighted by molar-refractivity contribution is 0.0952. The van der Waals surface area contributed by atoms with Crippen molar-refractivity contribution in [2.45, 2.75) is 26.8 Å². The summed E-state index contributed by atoms with van der Waals surface area (Å²) in [5.41, 5.74) is 7.99. The number of aryl methyl sites for hydroxylation is 2. The summed E-state index contributed by atoms with van der Waals surface area (Å²) in [5, 5.41) is 11.4. The number of H-pyrrole nitrogens is 1. The van der Waals surface area contributed by atoms with Gasteiger partial charge < -0.3 is 5.32 Å². The number of aromatic nitrogens is 3. The molecule has 2 aromatic heterocycles. The smallest absolute Gasteiger partial charge is 0.252 e. The molecule has 0 aliphatic heterocycles. The maximum Gasteiger partial charge on any atom is 0.252 e. The lowest BCUT2D eigenvalue weighted by atomic mass is 10.0. The van der Waals surface area contributed by atoms with Crippen LogP contribution in [0.4, 0.5) is 0 Å². The molecule has 1 amide bonds. The van der Waals surface area contributed by atoms with E-state index in [9.17, 15) is 4.79 Å². The highest BCUT2D eigenvalue weighted by molar-refractivity contribution is 6.10. The molecule has 0 bridgehead atoms. The van der Waals surface area contributed by atoms with Crippen molar-refractivity contribution in [1.29, 1.82) is 0 Å². The number of nitrogens with one attached hydrogen (secondary N) is 2. The first-order valence-corrected chi connectivity index (χ1v) is 11.5. The summed E-state index contributed by atoms with van der Waals surface area (Å²) < 4.78 is 0. The van der Waals surface area contributed by atoms with Crippen molar-refractivity contribution in [3.63, 3.8) is 0 Å². The lowest BCUT2D eigenvalue weighted by Crippen LogP contribution is -2.23. The molecule has 5 aromatic rings. The van der Waals surface area contributed by atoms with Crippen molar-refractivity contribution in [2.75, 3.05) is 0 Å². The molecule has 0 unspecified atom stereocenters. The minimum atomic E-state index is -0.155. The van der Waals surface area contributed by atoms with Gasteiger partial charge in [-0.15, -0.1) is 0 Å². The number of pyridine rings is 1. The van der Waals surface area contributed by atoms with Gasteiger partial charge in [0.15, 0.2) is 5.65 Å². The average Bonchev–Trinajstić information content (AvgIpc) is 3.32. The molecule has 0 fully saturated rings. The molecule has 168 valence electrons. The van der Waals surface area contributed by atoms with Gasteiger partial charge in [-0.25, -0.2) is 4.98 Å². The second-order valence-electron chi connectivity index (χ2n) is 8.44. The Hall–Kier alpha value is -4.25. The summed E-state index contributed by atoms with van der Waals surface area (Å²) in [7, 11) is 0. The van der Waals surface area contributed by atoms with Crippen LogP contribution in [0.2, 0.25) is 0 Å². The van der Waals surface area contributed by atoms with Crippen LogP contribution in [0.1, 0.15) is 34.0 Å². The van der Waals surface area contributed by atoms with Gasteiger partial charge in [0.1, 0.15) is 0 Å². The molecule has 0 saturated heterocycles. The second kappa shape index (κ2) is 9.32. The molecule has 3 aromatic carbocycles. The number of carbonyl (C=O) groups excluding carboxylic acids is 1. The van der Waals surface area contributed by atoms with Crippen molar-refractivity contribution in [2.24, 2.45) is 0 Å². The summed E-state index contributed by atoms with van der Waals surface area (Å²) in [6.07, 6.45) is 0.971. The van der Waals surface area contributed by atoms with Crippen LogP contribution in [0, 0.1) is 6.92 Å². The molecule has 5 nitrogen and oxygen atoms in total. The van der Waals surface area contributed by atoms with Gasteiger partial charge >= 0.3 is 0 Å². The van der Waals surface area contributed by atoms with Crippen LogP contribution in [-0.4, -0.2) is 21.1 Å². The quantitative estimate of drug-likeness (QED) is 0.331. The molecule has 5 rings (SSSR count). The molecular formula is C29H26N4O. The normalized spacial score (nSPS) is 11.0. The van der Waals surface area contributed by atoms with Gasteiger partial charge in [0.2, 0.25) is 0 Å². The summed E-state index contributed by atoms with van der Waals surface area (Å²) in [5.74, 6) is -0.155. The highest BCUT2D eigenvalue weighted by Gasteiger charge is 2.20. The van der Waals surface area contributed by atoms with E-state index in [1.807, 2.05) is 67.6 Å². The molecule has 5 heteroatoms. The van der Waals surface area contributed by atoms with Gasteiger partial charge in [-0.1, -0.05) is 91.3 Å². The summed E-state index contributed by atoms with van der Waals surface area (Å²) >= 11 is 0. The zero-order valence-electron chi connectivity index (χ0n) is 19.3. The van der Waals surface area contributed by atoms with Crippen molar-refractivity contribution >= 4 is 16.9 Å². The predicted octanol–water partition coefficient (Wildman–Crippen LogP) is 6.09. The molecular weight excluding hydrogens is 420 g/mol. The maximum atomic E-state index is 13.5. The lowest BCUT2D eigenvalue weighted by Gasteiger charge is -2.10. The van der Waals surface area contributed by atoms with Crippen molar-refractivity contribution in [3.8, 4) is 22.5 Å². The fourth-order valence-electron chi connectivity index (χ4n) is 4.06. The standard InChI is InChI=1S/C29H26N4O/c1-3-20-11-15-23(16-12-20)27-26-24(29(34)30-18-21-7-5-4-6-8-21)17-25(31-28(26)33-32-27)22-13-9-19(2)10-14-22/h4-17H,3,18H2,1-2H3,(H,30,34)(H,31,32,33). The minimum Gasteiger partial charge on any atom is -0.348 e. The zero-order valence-corrected chi connectivity index (χ0v) is 19.3. The Labute approximate surface area is 198 Å². The first kappa shape index (κ1) is 21.6. The van der Waals surface area contributed by atoms with Crippen molar-refractivity contribution in [1.82, 2.24) is 20.5 Å². The predicted molar refractivity (Wildman–Crippen MR) is 136 cm³/mol. The van der Waals surface area contributed by atoms with E-state index in [2.05, 4.69) is 46.7 Å². The van der Waals surface area contributed by atoms with Gasteiger partial charge in [0.25, 0.3) is 5.91 Å². The third-order valence-corrected chi connectivity index (χ3v) is 6.06. The van der Waals surface area contributed by atoms with Crippen LogP contribution in [-0.2, 0) is 13.0 Å². The van der Waals surface area contributed by atoms with Crippen LogP contribution in [0.25, 0.3) is 33.5 Å². The van der Waals surface area contributed by atoms with Crippen molar-refractivity contribution in [3.05, 3.63) is 107 Å². The fraction of sp³-hybridized carbons (Fsp3) is 0.138. The summed E-state index contributed by atoms with van der Waals surface area (Å²) in [6, 6.07) is 28.2. The molecule has 0 spiro atoms. The van der Waals surface area contributed by atoms with E-state index >= 15 is 0 Å². The zero-order chi connectivity index (χ0) is 23.5. The maximum absolute atomic E-state index is 13.5. The van der Waals surface area contributed by atoms with E-state index in [1.165, 1.54) is 11.1 Å². The number of hydrogen-bond donors (Lipinski definition) is 2. The number of fused-ring (bicyclic) bond motifs is 1. The van der Waals surface area contributed by atoms with Gasteiger partial charge in [0, 0.05) is 17.7 Å². The number of aromatic amines is 1. The van der Waals surface area contributed by atoms with Gasteiger partial charge in [-0.3, -0.25) is 9.89 Å². The topological polar surface area (TPSA) is 70.7 Å². The number of benzene rings is 3. The Morgan fingerprint density at radius 3 is 2.29 bits per heavy atom. The minimum absolute atomic E-state index is 0.155. The van der Waals surface area contributed by atoms with E-state index in [-0.39, 0.29) is 5.91 Å². The fourth-order valence-corrected chi connectivity index (χ4v) is 4.06. The number of carbonyl (C=O) groups is 1. The Morgan fingerprint density at radius 2 is 1.59 bits per heavy atom. The largest absolute Gasteiger partial charge is 0.348 e. The van der Waals surface area contributed by atoms with E-state index in [0.29, 0.717) is 17.8 Å². The van der Waals surface area contributed by atoms with Crippen LogP contribution in [0.5, 0.6) is 0 Å². The molecule has 0 aliphatic rings. The first-order chi connectivity index (χ1) is 16.6. The molecule has 2 N–H and O–H groups in total.